The predicted octanol–water partition coefficient (Wildman–Crippen LogP) is 6.10. The van der Waals surface area contributed by atoms with Crippen LogP contribution in [0.4, 0.5) is 0 Å². The Bertz CT molecular complexity index is 1410. The highest BCUT2D eigenvalue weighted by atomic mass is 16.1. The normalized spacial score (nSPS) is 15.5. The van der Waals surface area contributed by atoms with Gasteiger partial charge in [-0.2, -0.15) is 0 Å². The van der Waals surface area contributed by atoms with Crippen molar-refractivity contribution in [3.63, 3.8) is 0 Å². The maximum absolute atomic E-state index is 13.3. The van der Waals surface area contributed by atoms with E-state index < -0.39 is 0 Å². The van der Waals surface area contributed by atoms with Gasteiger partial charge < -0.3 is 4.98 Å². The lowest BCUT2D eigenvalue weighted by Crippen LogP contribution is -2.33. The van der Waals surface area contributed by atoms with Gasteiger partial charge in [-0.1, -0.05) is 62.1 Å². The van der Waals surface area contributed by atoms with Crippen LogP contribution in [-0.2, 0) is 13.1 Å². The fraction of sp³-hybridized carbons (Fsp3) is 0.467. The third-order valence-electron chi connectivity index (χ3n) is 7.83. The molecule has 2 aromatic heterocycles. The Hall–Kier alpha value is -3.32. The molecular formula is C30H38N6O. The molecule has 1 atom stereocenters. The lowest BCUT2D eigenvalue weighted by Gasteiger charge is -2.32. The number of fused-ring (bicyclic) bond motifs is 1. The van der Waals surface area contributed by atoms with Crippen molar-refractivity contribution in [2.75, 3.05) is 0 Å². The van der Waals surface area contributed by atoms with Gasteiger partial charge in [-0.25, -0.2) is 4.68 Å². The van der Waals surface area contributed by atoms with Crippen LogP contribution >= 0.6 is 0 Å². The summed E-state index contributed by atoms with van der Waals surface area (Å²) in [6.07, 6.45) is 6.82. The van der Waals surface area contributed by atoms with Crippen LogP contribution in [-0.4, -0.2) is 30.1 Å². The number of hydrogen-bond acceptors (Lipinski definition) is 5. The molecule has 0 saturated heterocycles. The molecule has 0 radical (unpaired) electrons. The second-order valence-corrected chi connectivity index (χ2v) is 10.8. The Kier molecular flexibility index (Phi) is 7.51. The van der Waals surface area contributed by atoms with E-state index in [1.165, 1.54) is 36.0 Å². The van der Waals surface area contributed by atoms with E-state index in [1.54, 1.807) is 0 Å². The van der Waals surface area contributed by atoms with Gasteiger partial charge in [0.25, 0.3) is 5.56 Å². The van der Waals surface area contributed by atoms with Gasteiger partial charge in [0.2, 0.25) is 0 Å². The average Bonchev–Trinajstić information content (AvgIpc) is 3.36. The van der Waals surface area contributed by atoms with Crippen molar-refractivity contribution in [1.29, 1.82) is 0 Å². The summed E-state index contributed by atoms with van der Waals surface area (Å²) < 4.78 is 2.08. The molecule has 0 bridgehead atoms. The van der Waals surface area contributed by atoms with Crippen molar-refractivity contribution in [2.24, 2.45) is 0 Å². The molecule has 0 amide bonds. The van der Waals surface area contributed by atoms with Gasteiger partial charge in [-0.05, 0) is 79.3 Å². The minimum absolute atomic E-state index is 0.00700. The van der Waals surface area contributed by atoms with E-state index in [9.17, 15) is 4.79 Å². The monoisotopic (exact) mass is 498 g/mol. The van der Waals surface area contributed by atoms with Crippen molar-refractivity contribution in [3.05, 3.63) is 86.5 Å². The summed E-state index contributed by atoms with van der Waals surface area (Å²) in [6, 6.07) is 15.3. The number of nitrogens with one attached hydrogen (secondary N) is 1. The number of aromatic nitrogens is 5. The quantitative estimate of drug-likeness (QED) is 0.318. The molecule has 4 aromatic rings. The van der Waals surface area contributed by atoms with Gasteiger partial charge >= 0.3 is 0 Å². The highest BCUT2D eigenvalue weighted by molar-refractivity contribution is 5.83. The number of H-pyrrole nitrogens is 1. The predicted molar refractivity (Wildman–Crippen MR) is 147 cm³/mol. The first-order valence-electron chi connectivity index (χ1n) is 13.6. The topological polar surface area (TPSA) is 79.7 Å². The first-order chi connectivity index (χ1) is 17.9. The minimum atomic E-state index is -0.0341. The van der Waals surface area contributed by atoms with Gasteiger partial charge in [0.05, 0.1) is 12.1 Å². The number of pyridine rings is 1. The fourth-order valence-corrected chi connectivity index (χ4v) is 5.87. The summed E-state index contributed by atoms with van der Waals surface area (Å²) in [4.78, 5) is 18.8. The first-order valence-corrected chi connectivity index (χ1v) is 13.6. The number of tetrazole rings is 1. The molecule has 0 spiro atoms. The highest BCUT2D eigenvalue weighted by Crippen LogP contribution is 2.33. The van der Waals surface area contributed by atoms with Crippen molar-refractivity contribution >= 4 is 10.9 Å². The van der Waals surface area contributed by atoms with Gasteiger partial charge in [0.15, 0.2) is 5.82 Å². The van der Waals surface area contributed by atoms with Crippen molar-refractivity contribution in [3.8, 4) is 0 Å². The number of aromatic amines is 1. The van der Waals surface area contributed by atoms with Crippen LogP contribution in [0.2, 0.25) is 0 Å². The molecule has 7 heteroatoms. The highest BCUT2D eigenvalue weighted by Gasteiger charge is 2.29. The third-order valence-corrected chi connectivity index (χ3v) is 7.83. The fourth-order valence-electron chi connectivity index (χ4n) is 5.87. The Morgan fingerprint density at radius 1 is 1.00 bits per heavy atom. The molecule has 1 aliphatic rings. The second-order valence-electron chi connectivity index (χ2n) is 10.8. The molecule has 1 N–H and O–H groups in total. The molecule has 0 aliphatic heterocycles. The number of hydrogen-bond donors (Lipinski definition) is 1. The maximum atomic E-state index is 13.3. The number of benzene rings is 2. The van der Waals surface area contributed by atoms with Gasteiger partial charge in [-0.15, -0.1) is 5.10 Å². The summed E-state index contributed by atoms with van der Waals surface area (Å²) in [5.74, 6) is 0.908. The molecule has 0 unspecified atom stereocenters. The lowest BCUT2D eigenvalue weighted by molar-refractivity contribution is 0.155. The summed E-state index contributed by atoms with van der Waals surface area (Å²) >= 11 is 0. The Balaban J connectivity index is 1.54. The van der Waals surface area contributed by atoms with Crippen LogP contribution < -0.4 is 5.56 Å². The first kappa shape index (κ1) is 25.3. The summed E-state index contributed by atoms with van der Waals surface area (Å²) in [6.45, 7) is 9.68. The van der Waals surface area contributed by atoms with E-state index in [4.69, 9.17) is 0 Å². The van der Waals surface area contributed by atoms with E-state index in [-0.39, 0.29) is 11.6 Å². The van der Waals surface area contributed by atoms with E-state index >= 15 is 0 Å². The van der Waals surface area contributed by atoms with E-state index in [0.717, 1.165) is 47.1 Å². The Morgan fingerprint density at radius 3 is 2.49 bits per heavy atom. The molecule has 7 nitrogen and oxygen atoms in total. The van der Waals surface area contributed by atoms with Crippen molar-refractivity contribution < 1.29 is 0 Å². The zero-order valence-corrected chi connectivity index (χ0v) is 22.5. The summed E-state index contributed by atoms with van der Waals surface area (Å²) in [7, 11) is 0. The number of rotatable bonds is 8. The molecule has 1 aliphatic carbocycles. The smallest absolute Gasteiger partial charge is 0.252 e. The molecule has 2 heterocycles. The van der Waals surface area contributed by atoms with Crippen LogP contribution in [0.3, 0.4) is 0 Å². The van der Waals surface area contributed by atoms with Crippen LogP contribution in [0, 0.1) is 20.8 Å². The molecule has 1 fully saturated rings. The van der Waals surface area contributed by atoms with Crippen LogP contribution in [0.15, 0.2) is 47.3 Å². The standard InChI is InChI=1S/C30H38N6O/c1-5-28(29-32-33-34-36(29)25-9-7-6-8-10-25)35(18-23-13-11-20(2)12-14-23)19-24-17-26-22(4)15-21(3)16-27(26)31-30(24)37/h11-17,25,28H,5-10,18-19H2,1-4H3,(H,31,37)/t28-/m0/s1. The van der Waals surface area contributed by atoms with Gasteiger partial charge in [-0.3, -0.25) is 9.69 Å². The minimum Gasteiger partial charge on any atom is -0.322 e. The van der Waals surface area contributed by atoms with Gasteiger partial charge in [0.1, 0.15) is 0 Å². The van der Waals surface area contributed by atoms with Crippen LogP contribution in [0.25, 0.3) is 10.9 Å². The molecule has 194 valence electrons. The zero-order valence-electron chi connectivity index (χ0n) is 22.5. The molecular weight excluding hydrogens is 460 g/mol. The Morgan fingerprint density at radius 2 is 1.76 bits per heavy atom. The second kappa shape index (κ2) is 11.0. The molecule has 37 heavy (non-hydrogen) atoms. The lowest BCUT2D eigenvalue weighted by atomic mass is 9.95. The third kappa shape index (κ3) is 5.52. The van der Waals surface area contributed by atoms with Crippen LogP contribution in [0.1, 0.15) is 91.2 Å². The van der Waals surface area contributed by atoms with Crippen molar-refractivity contribution in [1.82, 2.24) is 30.1 Å². The summed E-state index contributed by atoms with van der Waals surface area (Å²) in [5.41, 5.74) is 6.39. The number of aryl methyl sites for hydroxylation is 3. The Labute approximate surface area is 218 Å². The largest absolute Gasteiger partial charge is 0.322 e. The van der Waals surface area contributed by atoms with Crippen molar-refractivity contribution in [2.45, 2.75) is 91.4 Å². The van der Waals surface area contributed by atoms with E-state index in [1.807, 2.05) is 6.07 Å². The van der Waals surface area contributed by atoms with Crippen LogP contribution in [0.5, 0.6) is 0 Å². The maximum Gasteiger partial charge on any atom is 0.252 e. The average molecular weight is 499 g/mol. The van der Waals surface area contributed by atoms with E-state index in [2.05, 4.69) is 94.2 Å². The van der Waals surface area contributed by atoms with E-state index in [0.29, 0.717) is 19.1 Å². The van der Waals surface area contributed by atoms with Gasteiger partial charge in [0, 0.05) is 29.6 Å². The summed E-state index contributed by atoms with van der Waals surface area (Å²) in [5, 5.41) is 14.2. The molecule has 5 rings (SSSR count). The zero-order chi connectivity index (χ0) is 25.9. The SMILES string of the molecule is CC[C@@H](c1nnnn1C1CCCCC1)N(Cc1ccc(C)cc1)Cc1cc2c(C)cc(C)cc2[nH]c1=O. The molecule has 2 aromatic carbocycles. The number of nitrogens with zero attached hydrogens (tertiary/aromatic N) is 5. The molecule has 1 saturated carbocycles.